The molecule has 1 saturated heterocycles. The van der Waals surface area contributed by atoms with Gasteiger partial charge in [-0.15, -0.1) is 0 Å². The maximum Gasteiger partial charge on any atom is 0.338 e. The second-order valence-electron chi connectivity index (χ2n) is 5.54. The average molecular weight is 409 g/mol. The fraction of sp³-hybridized carbons (Fsp3) is 0.353. The molecule has 7 heteroatoms. The molecule has 1 aromatic rings. The Morgan fingerprint density at radius 1 is 1.38 bits per heavy atom. The molecule has 1 fully saturated rings. The van der Waals surface area contributed by atoms with E-state index in [1.165, 1.54) is 11.8 Å². The Hall–Kier alpha value is -1.60. The van der Waals surface area contributed by atoms with Gasteiger partial charge in [-0.3, -0.25) is 9.69 Å². The van der Waals surface area contributed by atoms with E-state index in [9.17, 15) is 9.59 Å². The zero-order chi connectivity index (χ0) is 17.4. The molecule has 24 heavy (non-hydrogen) atoms. The summed E-state index contributed by atoms with van der Waals surface area (Å²) in [7, 11) is 0. The fourth-order valence-electron chi connectivity index (χ4n) is 2.83. The van der Waals surface area contributed by atoms with E-state index in [0.717, 1.165) is 10.0 Å². The average Bonchev–Trinajstić information content (AvgIpc) is 2.81. The molecular weight excluding hydrogens is 392 g/mol. The molecule has 5 nitrogen and oxygen atoms in total. The van der Waals surface area contributed by atoms with Crippen LogP contribution in [0.1, 0.15) is 32.4 Å². The van der Waals surface area contributed by atoms with Crippen LogP contribution in [0.25, 0.3) is 0 Å². The van der Waals surface area contributed by atoms with Crippen molar-refractivity contribution in [3.63, 3.8) is 0 Å². The van der Waals surface area contributed by atoms with Crippen molar-refractivity contribution in [2.45, 2.75) is 32.1 Å². The number of allylic oxidation sites excluding steroid dienone is 1. The number of amides is 1. The maximum absolute atomic E-state index is 12.7. The maximum atomic E-state index is 12.7. The molecule has 0 radical (unpaired) electrons. The van der Waals surface area contributed by atoms with Crippen LogP contribution >= 0.6 is 27.7 Å². The second-order valence-corrected chi connectivity index (χ2v) is 7.76. The van der Waals surface area contributed by atoms with Crippen molar-refractivity contribution < 1.29 is 14.3 Å². The number of aliphatic imine (C=N–C) groups is 1. The van der Waals surface area contributed by atoms with Gasteiger partial charge >= 0.3 is 5.97 Å². The molecule has 2 heterocycles. The number of rotatable bonds is 3. The molecule has 0 saturated carbocycles. The minimum Gasteiger partial charge on any atom is -0.463 e. The molecule has 0 N–H and O–H groups in total. The predicted octanol–water partition coefficient (Wildman–Crippen LogP) is 3.66. The number of benzene rings is 1. The smallest absolute Gasteiger partial charge is 0.338 e. The summed E-state index contributed by atoms with van der Waals surface area (Å²) in [6.45, 7) is 5.68. The minimum absolute atomic E-state index is 0.0408. The number of amidine groups is 1. The molecular formula is C17H17BrN2O3S. The third-order valence-electron chi connectivity index (χ3n) is 3.94. The van der Waals surface area contributed by atoms with Gasteiger partial charge in [0, 0.05) is 4.47 Å². The van der Waals surface area contributed by atoms with Crippen molar-refractivity contribution in [2.24, 2.45) is 4.99 Å². The number of halogens is 1. The number of hydrogen-bond acceptors (Lipinski definition) is 5. The Morgan fingerprint density at radius 2 is 2.04 bits per heavy atom. The van der Waals surface area contributed by atoms with Gasteiger partial charge in [0.15, 0.2) is 5.17 Å². The number of esters is 1. The Labute approximate surface area is 153 Å². The van der Waals surface area contributed by atoms with Crippen molar-refractivity contribution in [3.8, 4) is 0 Å². The van der Waals surface area contributed by atoms with Gasteiger partial charge in [-0.2, -0.15) is 0 Å². The van der Waals surface area contributed by atoms with Crippen LogP contribution in [-0.2, 0) is 14.3 Å². The Balaban J connectivity index is 2.14. The van der Waals surface area contributed by atoms with E-state index in [4.69, 9.17) is 4.74 Å². The van der Waals surface area contributed by atoms with Crippen molar-refractivity contribution in [3.05, 3.63) is 45.6 Å². The molecule has 0 bridgehead atoms. The van der Waals surface area contributed by atoms with Crippen LogP contribution in [0.15, 0.2) is 45.0 Å². The van der Waals surface area contributed by atoms with Gasteiger partial charge in [-0.05, 0) is 38.5 Å². The summed E-state index contributed by atoms with van der Waals surface area (Å²) in [5.74, 6) is -0.468. The van der Waals surface area contributed by atoms with E-state index in [-0.39, 0.29) is 17.8 Å². The van der Waals surface area contributed by atoms with Crippen LogP contribution in [0.3, 0.4) is 0 Å². The number of nitrogens with zero attached hydrogens (tertiary/aromatic N) is 2. The summed E-state index contributed by atoms with van der Waals surface area (Å²) in [5, 5.41) is 0.432. The highest BCUT2D eigenvalue weighted by atomic mass is 79.9. The summed E-state index contributed by atoms with van der Waals surface area (Å²) in [6, 6.07) is 7.11. The van der Waals surface area contributed by atoms with Crippen LogP contribution in [-0.4, -0.2) is 33.8 Å². The lowest BCUT2D eigenvalue weighted by Crippen LogP contribution is -2.40. The molecule has 2 aliphatic heterocycles. The summed E-state index contributed by atoms with van der Waals surface area (Å²) in [4.78, 5) is 31.3. The van der Waals surface area contributed by atoms with Crippen LogP contribution in [0.5, 0.6) is 0 Å². The normalized spacial score (nSPS) is 23.2. The Kier molecular flexibility index (Phi) is 4.83. The molecule has 2 unspecified atom stereocenters. The van der Waals surface area contributed by atoms with Gasteiger partial charge < -0.3 is 4.74 Å². The molecule has 2 aliphatic rings. The molecule has 126 valence electrons. The quantitative estimate of drug-likeness (QED) is 0.715. The van der Waals surface area contributed by atoms with Crippen molar-refractivity contribution >= 4 is 44.7 Å². The highest BCUT2D eigenvalue weighted by Crippen LogP contribution is 2.43. The molecule has 1 amide bonds. The molecule has 3 rings (SSSR count). The van der Waals surface area contributed by atoms with Crippen LogP contribution in [0.2, 0.25) is 0 Å². The van der Waals surface area contributed by atoms with Crippen LogP contribution in [0, 0.1) is 0 Å². The molecule has 0 aliphatic carbocycles. The number of hydrogen-bond donors (Lipinski definition) is 0. The van der Waals surface area contributed by atoms with Gasteiger partial charge in [0.05, 0.1) is 29.2 Å². The van der Waals surface area contributed by atoms with Crippen molar-refractivity contribution in [1.82, 2.24) is 4.90 Å². The lowest BCUT2D eigenvalue weighted by molar-refractivity contribution is -0.139. The summed E-state index contributed by atoms with van der Waals surface area (Å²) < 4.78 is 6.15. The second kappa shape index (κ2) is 6.72. The van der Waals surface area contributed by atoms with Gasteiger partial charge in [0.25, 0.3) is 0 Å². The monoisotopic (exact) mass is 408 g/mol. The Morgan fingerprint density at radius 3 is 2.67 bits per heavy atom. The Bertz CT molecular complexity index is 758. The third-order valence-corrected chi connectivity index (χ3v) is 5.52. The zero-order valence-electron chi connectivity index (χ0n) is 13.6. The standard InChI is InChI=1S/C17H17BrN2O3S/c1-4-23-16(22)13-9(2)19-17-20(15(21)10(3)24-17)14(13)11-5-7-12(18)8-6-11/h5-8,10,14H,4H2,1-3H3. The van der Waals surface area contributed by atoms with E-state index in [2.05, 4.69) is 20.9 Å². The van der Waals surface area contributed by atoms with Gasteiger partial charge in [0.1, 0.15) is 0 Å². The van der Waals surface area contributed by atoms with E-state index < -0.39 is 12.0 Å². The first-order valence-electron chi connectivity index (χ1n) is 7.65. The van der Waals surface area contributed by atoms with Gasteiger partial charge in [-0.1, -0.05) is 39.8 Å². The molecule has 0 spiro atoms. The number of ether oxygens (including phenoxy) is 1. The largest absolute Gasteiger partial charge is 0.463 e. The molecule has 2 atom stereocenters. The summed E-state index contributed by atoms with van der Waals surface area (Å²) in [6.07, 6.45) is 0. The number of fused-ring (bicyclic) bond motifs is 1. The number of carbonyl (C=O) groups excluding carboxylic acids is 2. The van der Waals surface area contributed by atoms with E-state index in [1.807, 2.05) is 31.2 Å². The molecule has 1 aromatic carbocycles. The first-order valence-corrected chi connectivity index (χ1v) is 9.33. The zero-order valence-corrected chi connectivity index (χ0v) is 16.0. The first-order chi connectivity index (χ1) is 11.4. The van der Waals surface area contributed by atoms with Gasteiger partial charge in [0.2, 0.25) is 5.91 Å². The van der Waals surface area contributed by atoms with Crippen molar-refractivity contribution in [1.29, 1.82) is 0 Å². The topological polar surface area (TPSA) is 59.0 Å². The predicted molar refractivity (Wildman–Crippen MR) is 97.6 cm³/mol. The van der Waals surface area contributed by atoms with Crippen LogP contribution < -0.4 is 0 Å². The number of carbonyl (C=O) groups is 2. The highest BCUT2D eigenvalue weighted by molar-refractivity contribution is 9.10. The summed E-state index contributed by atoms with van der Waals surface area (Å²) in [5.41, 5.74) is 1.88. The SMILES string of the molecule is CCOC(=O)C1=C(C)N=C2SC(C)C(=O)N2C1c1ccc(Br)cc1. The van der Waals surface area contributed by atoms with Crippen molar-refractivity contribution in [2.75, 3.05) is 6.61 Å². The summed E-state index contributed by atoms with van der Waals surface area (Å²) >= 11 is 4.84. The third kappa shape index (κ3) is 2.91. The fourth-order valence-corrected chi connectivity index (χ4v) is 4.13. The lowest BCUT2D eigenvalue weighted by atomic mass is 9.94. The first kappa shape index (κ1) is 17.2. The van der Waals surface area contributed by atoms with E-state index in [0.29, 0.717) is 16.4 Å². The molecule has 0 aromatic heterocycles. The van der Waals surface area contributed by atoms with Crippen LogP contribution in [0.4, 0.5) is 0 Å². The minimum atomic E-state index is -0.505. The van der Waals surface area contributed by atoms with E-state index >= 15 is 0 Å². The van der Waals surface area contributed by atoms with Gasteiger partial charge in [-0.25, -0.2) is 9.79 Å². The lowest BCUT2D eigenvalue weighted by Gasteiger charge is -2.33. The highest BCUT2D eigenvalue weighted by Gasteiger charge is 2.46. The number of thioether (sulfide) groups is 1. The van der Waals surface area contributed by atoms with E-state index in [1.54, 1.807) is 18.7 Å².